The molecule has 1 aromatic carbocycles. The Labute approximate surface area is 201 Å². The maximum atomic E-state index is 12.8. The Kier molecular flexibility index (Phi) is 8.84. The molecule has 1 saturated heterocycles. The van der Waals surface area contributed by atoms with Crippen molar-refractivity contribution in [2.45, 2.75) is 101 Å². The number of nitrogens with one attached hydrogen (secondary N) is 2. The normalized spacial score (nSPS) is 21.4. The molecular formula is C26H37N3O3S. The summed E-state index contributed by atoms with van der Waals surface area (Å²) in [5.41, 5.74) is 1.67. The summed E-state index contributed by atoms with van der Waals surface area (Å²) >= 11 is 1.85. The van der Waals surface area contributed by atoms with E-state index in [0.717, 1.165) is 17.4 Å². The molecule has 1 unspecified atom stereocenters. The second-order valence-electron chi connectivity index (χ2n) is 9.62. The van der Waals surface area contributed by atoms with Crippen LogP contribution in [0.15, 0.2) is 23.1 Å². The number of nitrogens with zero attached hydrogens (tertiary/aromatic N) is 1. The van der Waals surface area contributed by atoms with Crippen molar-refractivity contribution in [3.05, 3.63) is 29.3 Å². The lowest BCUT2D eigenvalue weighted by molar-refractivity contribution is -0.136. The number of piperidine rings is 1. The highest BCUT2D eigenvalue weighted by molar-refractivity contribution is 7.99. The van der Waals surface area contributed by atoms with Crippen LogP contribution in [0.3, 0.4) is 0 Å². The summed E-state index contributed by atoms with van der Waals surface area (Å²) in [5, 5.41) is 6.08. The van der Waals surface area contributed by atoms with E-state index in [1.807, 2.05) is 23.9 Å². The predicted octanol–water partition coefficient (Wildman–Crippen LogP) is 4.41. The average Bonchev–Trinajstić information content (AvgIpc) is 3.14. The lowest BCUT2D eigenvalue weighted by atomic mass is 9.95. The number of carbonyl (C=O) groups is 3. The minimum absolute atomic E-state index is 0.103. The molecule has 3 amide bonds. The van der Waals surface area contributed by atoms with E-state index in [1.54, 1.807) is 4.90 Å². The van der Waals surface area contributed by atoms with Gasteiger partial charge < -0.3 is 10.2 Å². The van der Waals surface area contributed by atoms with E-state index < -0.39 is 6.04 Å². The Morgan fingerprint density at radius 3 is 2.58 bits per heavy atom. The van der Waals surface area contributed by atoms with Crippen LogP contribution >= 0.6 is 11.8 Å². The van der Waals surface area contributed by atoms with E-state index in [2.05, 4.69) is 16.7 Å². The van der Waals surface area contributed by atoms with Gasteiger partial charge in [0.1, 0.15) is 6.04 Å². The first kappa shape index (κ1) is 24.3. The number of imide groups is 1. The summed E-state index contributed by atoms with van der Waals surface area (Å²) in [7, 11) is 0. The second kappa shape index (κ2) is 12.0. The molecule has 0 radical (unpaired) electrons. The molecule has 1 atom stereocenters. The molecule has 7 heteroatoms. The molecule has 1 aromatic rings. The molecule has 180 valence electrons. The van der Waals surface area contributed by atoms with E-state index >= 15 is 0 Å². The van der Waals surface area contributed by atoms with Crippen LogP contribution in [0.25, 0.3) is 0 Å². The molecule has 0 aromatic heterocycles. The van der Waals surface area contributed by atoms with Crippen molar-refractivity contribution in [2.75, 3.05) is 12.3 Å². The first-order chi connectivity index (χ1) is 16.1. The number of amides is 3. The van der Waals surface area contributed by atoms with E-state index in [4.69, 9.17) is 0 Å². The van der Waals surface area contributed by atoms with Crippen molar-refractivity contribution >= 4 is 29.5 Å². The number of rotatable bonds is 11. The molecule has 2 fully saturated rings. The summed E-state index contributed by atoms with van der Waals surface area (Å²) in [6.45, 7) is 1.62. The molecule has 6 nitrogen and oxygen atoms in total. The van der Waals surface area contributed by atoms with Gasteiger partial charge in [0.25, 0.3) is 5.91 Å². The summed E-state index contributed by atoms with van der Waals surface area (Å²) in [6, 6.07) is 6.24. The lowest BCUT2D eigenvalue weighted by Crippen LogP contribution is -2.52. The first-order valence-corrected chi connectivity index (χ1v) is 13.7. The molecule has 1 aliphatic carbocycles. The van der Waals surface area contributed by atoms with Gasteiger partial charge in [0.05, 0.1) is 0 Å². The fraction of sp³-hybridized carbons (Fsp3) is 0.654. The summed E-state index contributed by atoms with van der Waals surface area (Å²) in [4.78, 5) is 39.2. The van der Waals surface area contributed by atoms with Gasteiger partial charge in [-0.3, -0.25) is 19.7 Å². The molecular weight excluding hydrogens is 434 g/mol. The number of hydrogen-bond donors (Lipinski definition) is 2. The van der Waals surface area contributed by atoms with Crippen molar-refractivity contribution in [2.24, 2.45) is 0 Å². The number of carbonyl (C=O) groups excluding carboxylic acids is 3. The van der Waals surface area contributed by atoms with Gasteiger partial charge in [0, 0.05) is 29.5 Å². The Morgan fingerprint density at radius 1 is 0.970 bits per heavy atom. The van der Waals surface area contributed by atoms with Crippen LogP contribution in [0, 0.1) is 0 Å². The quantitative estimate of drug-likeness (QED) is 0.284. The van der Waals surface area contributed by atoms with Gasteiger partial charge in [0.2, 0.25) is 11.8 Å². The van der Waals surface area contributed by atoms with Crippen LogP contribution in [0.5, 0.6) is 0 Å². The zero-order valence-corrected chi connectivity index (χ0v) is 20.4. The van der Waals surface area contributed by atoms with Crippen LogP contribution in [-0.2, 0) is 16.1 Å². The van der Waals surface area contributed by atoms with Crippen LogP contribution in [0.1, 0.15) is 93.0 Å². The van der Waals surface area contributed by atoms with E-state index in [-0.39, 0.29) is 24.1 Å². The largest absolute Gasteiger partial charge is 0.322 e. The molecule has 33 heavy (non-hydrogen) atoms. The van der Waals surface area contributed by atoms with Crippen molar-refractivity contribution in [1.29, 1.82) is 0 Å². The van der Waals surface area contributed by atoms with E-state index in [1.165, 1.54) is 75.6 Å². The van der Waals surface area contributed by atoms with Crippen LogP contribution in [-0.4, -0.2) is 47.0 Å². The molecule has 4 rings (SSSR count). The topological polar surface area (TPSA) is 78.5 Å². The van der Waals surface area contributed by atoms with E-state index in [9.17, 15) is 14.4 Å². The van der Waals surface area contributed by atoms with Crippen LogP contribution in [0.4, 0.5) is 0 Å². The Hall–Kier alpha value is -1.86. The Morgan fingerprint density at radius 2 is 1.76 bits per heavy atom. The van der Waals surface area contributed by atoms with Crippen LogP contribution < -0.4 is 10.6 Å². The average molecular weight is 472 g/mol. The third kappa shape index (κ3) is 6.60. The highest BCUT2D eigenvalue weighted by Gasteiger charge is 2.39. The molecule has 0 bridgehead atoms. The second-order valence-corrected chi connectivity index (χ2v) is 10.8. The molecule has 2 heterocycles. The third-order valence-electron chi connectivity index (χ3n) is 7.12. The van der Waals surface area contributed by atoms with Gasteiger partial charge in [-0.05, 0) is 68.2 Å². The lowest BCUT2D eigenvalue weighted by Gasteiger charge is -2.29. The smallest absolute Gasteiger partial charge is 0.255 e. The monoisotopic (exact) mass is 471 g/mol. The van der Waals surface area contributed by atoms with Gasteiger partial charge in [0.15, 0.2) is 0 Å². The van der Waals surface area contributed by atoms with Crippen molar-refractivity contribution in [3.8, 4) is 0 Å². The van der Waals surface area contributed by atoms with Gasteiger partial charge >= 0.3 is 0 Å². The fourth-order valence-electron chi connectivity index (χ4n) is 5.20. The van der Waals surface area contributed by atoms with Gasteiger partial charge in [-0.15, -0.1) is 11.8 Å². The fourth-order valence-corrected chi connectivity index (χ4v) is 6.17. The van der Waals surface area contributed by atoms with Crippen LogP contribution in [0.2, 0.25) is 0 Å². The van der Waals surface area contributed by atoms with Crippen molar-refractivity contribution in [3.63, 3.8) is 0 Å². The number of unbranched alkanes of at least 4 members (excludes halogenated alkanes) is 4. The predicted molar refractivity (Wildman–Crippen MR) is 131 cm³/mol. The minimum Gasteiger partial charge on any atom is -0.322 e. The first-order valence-electron chi connectivity index (χ1n) is 12.8. The van der Waals surface area contributed by atoms with Crippen molar-refractivity contribution in [1.82, 2.24) is 15.5 Å². The van der Waals surface area contributed by atoms with Gasteiger partial charge in [-0.1, -0.05) is 38.5 Å². The Bertz CT molecular complexity index is 853. The standard InChI is InChI=1S/C26H37N3O3S/c30-24-14-13-23(25(31)28-24)29-18-19-17-21(11-12-22(19)26(29)32)33-16-8-3-1-2-7-15-27-20-9-5-4-6-10-20/h11-12,17,20,23,27H,1-10,13-16,18H2,(H,28,30,31). The third-order valence-corrected chi connectivity index (χ3v) is 8.20. The number of benzene rings is 1. The van der Waals surface area contributed by atoms with Gasteiger partial charge in [-0.25, -0.2) is 0 Å². The minimum atomic E-state index is -0.545. The summed E-state index contributed by atoms with van der Waals surface area (Å²) in [5.74, 6) is 0.375. The molecule has 1 saturated carbocycles. The molecule has 2 N–H and O–H groups in total. The maximum absolute atomic E-state index is 12.8. The SMILES string of the molecule is O=C1CCC(N2Cc3cc(SCCCCCCCNC4CCCCC4)ccc3C2=O)C(=O)N1. The number of hydrogen-bond acceptors (Lipinski definition) is 5. The highest BCUT2D eigenvalue weighted by Crippen LogP contribution is 2.31. The highest BCUT2D eigenvalue weighted by atomic mass is 32.2. The molecule has 0 spiro atoms. The number of fused-ring (bicyclic) bond motifs is 1. The summed E-state index contributed by atoms with van der Waals surface area (Å²) in [6.07, 6.45) is 14.0. The summed E-state index contributed by atoms with van der Waals surface area (Å²) < 4.78 is 0. The Balaban J connectivity index is 1.12. The maximum Gasteiger partial charge on any atom is 0.255 e. The van der Waals surface area contributed by atoms with E-state index in [0.29, 0.717) is 18.5 Å². The van der Waals surface area contributed by atoms with Crippen molar-refractivity contribution < 1.29 is 14.4 Å². The molecule has 2 aliphatic heterocycles. The van der Waals surface area contributed by atoms with Gasteiger partial charge in [-0.2, -0.15) is 0 Å². The zero-order valence-electron chi connectivity index (χ0n) is 19.6. The number of thioether (sulfide) groups is 1. The molecule has 3 aliphatic rings. The zero-order chi connectivity index (χ0) is 23.0.